The molecule has 0 saturated heterocycles. The van der Waals surface area contributed by atoms with Crippen LogP contribution >= 0.6 is 0 Å². The number of unbranched alkanes of at least 4 members (excludes halogenated alkanes) is 1. The van der Waals surface area contributed by atoms with Gasteiger partial charge in [-0.3, -0.25) is 19.2 Å². The van der Waals surface area contributed by atoms with Gasteiger partial charge in [0.15, 0.2) is 0 Å². The highest BCUT2D eigenvalue weighted by Gasteiger charge is 2.24. The van der Waals surface area contributed by atoms with E-state index in [0.717, 1.165) is 19.3 Å². The van der Waals surface area contributed by atoms with Crippen molar-refractivity contribution in [1.82, 2.24) is 16.0 Å². The van der Waals surface area contributed by atoms with E-state index in [-0.39, 0.29) is 31.1 Å². The molecule has 0 aliphatic heterocycles. The lowest BCUT2D eigenvalue weighted by Crippen LogP contribution is -2.49. The maximum absolute atomic E-state index is 12.0. The third-order valence-electron chi connectivity index (χ3n) is 4.38. The van der Waals surface area contributed by atoms with Crippen LogP contribution in [-0.2, 0) is 24.0 Å². The summed E-state index contributed by atoms with van der Waals surface area (Å²) in [6, 6.07) is -3.29. The monoisotopic (exact) mass is 415 g/mol. The summed E-state index contributed by atoms with van der Waals surface area (Å²) in [5.74, 6) is -3.93. The van der Waals surface area contributed by atoms with Crippen LogP contribution in [0.2, 0.25) is 0 Å². The first-order chi connectivity index (χ1) is 13.5. The summed E-state index contributed by atoms with van der Waals surface area (Å²) in [4.78, 5) is 57.9. The normalized spacial score (nSPS) is 14.8. The fraction of sp³-hybridized carbons (Fsp3) is 0.737. The molecule has 0 saturated carbocycles. The number of carbonyl (C=O) groups is 5. The smallest absolute Gasteiger partial charge is 0.326 e. The lowest BCUT2D eigenvalue weighted by Gasteiger charge is -2.18. The first kappa shape index (κ1) is 26.4. The summed E-state index contributed by atoms with van der Waals surface area (Å²) < 4.78 is 0. The maximum Gasteiger partial charge on any atom is 0.326 e. The molecule has 0 heterocycles. The van der Waals surface area contributed by atoms with Gasteiger partial charge in [0.05, 0.1) is 0 Å². The van der Waals surface area contributed by atoms with Crippen LogP contribution in [0.15, 0.2) is 0 Å². The molecule has 0 fully saturated rings. The van der Waals surface area contributed by atoms with Gasteiger partial charge in [0.1, 0.15) is 18.1 Å². The van der Waals surface area contributed by atoms with Crippen molar-refractivity contribution in [1.29, 1.82) is 0 Å². The molecule has 0 aromatic rings. The molecule has 29 heavy (non-hydrogen) atoms. The van der Waals surface area contributed by atoms with E-state index >= 15 is 0 Å². The average Bonchev–Trinajstić information content (AvgIpc) is 2.62. The van der Waals surface area contributed by atoms with Crippen LogP contribution in [0.1, 0.15) is 66.2 Å². The lowest BCUT2D eigenvalue weighted by molar-refractivity contribution is -0.142. The fourth-order valence-corrected chi connectivity index (χ4v) is 2.54. The topological polar surface area (TPSA) is 162 Å². The van der Waals surface area contributed by atoms with Crippen LogP contribution in [0.25, 0.3) is 0 Å². The van der Waals surface area contributed by atoms with Gasteiger partial charge >= 0.3 is 11.9 Å². The van der Waals surface area contributed by atoms with Gasteiger partial charge in [0.2, 0.25) is 17.7 Å². The Kier molecular flexibility index (Phi) is 12.3. The van der Waals surface area contributed by atoms with Crippen molar-refractivity contribution < 1.29 is 34.2 Å². The summed E-state index contributed by atoms with van der Waals surface area (Å²) >= 11 is 0. The van der Waals surface area contributed by atoms with Crippen molar-refractivity contribution >= 4 is 29.7 Å². The van der Waals surface area contributed by atoms with Crippen LogP contribution in [0.5, 0.6) is 0 Å². The molecule has 0 aromatic heterocycles. The summed E-state index contributed by atoms with van der Waals surface area (Å²) in [6.07, 6.45) is 2.77. The molecule has 1 unspecified atom stereocenters. The van der Waals surface area contributed by atoms with E-state index in [1.165, 1.54) is 13.8 Å². The van der Waals surface area contributed by atoms with Crippen molar-refractivity contribution in [3.05, 3.63) is 0 Å². The second-order valence-corrected chi connectivity index (χ2v) is 7.31. The first-order valence-electron chi connectivity index (χ1n) is 9.82. The Balaban J connectivity index is 4.48. The minimum atomic E-state index is -1.24. The largest absolute Gasteiger partial charge is 0.480 e. The molecule has 0 rings (SSSR count). The summed E-state index contributed by atoms with van der Waals surface area (Å²) in [6.45, 7) is 6.65. The van der Waals surface area contributed by atoms with E-state index in [9.17, 15) is 29.1 Å². The number of nitrogens with one attached hydrogen (secondary N) is 3. The SMILES string of the molecule is CCCCC(C)CC(=O)N[C@H](CCC(=O)N[C@@H](C)C(=O)N[C@H](C)C(=O)O)C(=O)O. The highest BCUT2D eigenvalue weighted by atomic mass is 16.4. The molecular formula is C19H33N3O7. The van der Waals surface area contributed by atoms with Gasteiger partial charge in [-0.15, -0.1) is 0 Å². The van der Waals surface area contributed by atoms with Crippen LogP contribution in [0.4, 0.5) is 0 Å². The van der Waals surface area contributed by atoms with E-state index in [0.29, 0.717) is 0 Å². The quantitative estimate of drug-likeness (QED) is 0.278. The molecule has 10 heteroatoms. The summed E-state index contributed by atoms with van der Waals surface area (Å²) in [7, 11) is 0. The zero-order valence-electron chi connectivity index (χ0n) is 17.5. The Morgan fingerprint density at radius 2 is 1.41 bits per heavy atom. The Bertz CT molecular complexity index is 594. The van der Waals surface area contributed by atoms with Crippen LogP contribution in [0.3, 0.4) is 0 Å². The van der Waals surface area contributed by atoms with Crippen molar-refractivity contribution in [3.63, 3.8) is 0 Å². The van der Waals surface area contributed by atoms with Crippen LogP contribution in [-0.4, -0.2) is 58.0 Å². The molecule has 0 bridgehead atoms. The molecule has 0 aliphatic carbocycles. The molecular weight excluding hydrogens is 382 g/mol. The molecule has 0 radical (unpaired) electrons. The van der Waals surface area contributed by atoms with Crippen molar-refractivity contribution in [2.75, 3.05) is 0 Å². The van der Waals surface area contributed by atoms with Crippen molar-refractivity contribution in [2.24, 2.45) is 5.92 Å². The van der Waals surface area contributed by atoms with Gasteiger partial charge in [-0.05, 0) is 26.2 Å². The minimum Gasteiger partial charge on any atom is -0.480 e. The third kappa shape index (κ3) is 11.7. The summed E-state index contributed by atoms with van der Waals surface area (Å²) in [5.41, 5.74) is 0. The molecule has 10 nitrogen and oxygen atoms in total. The van der Waals surface area contributed by atoms with Crippen LogP contribution < -0.4 is 16.0 Å². The standard InChI is InChI=1S/C19H33N3O7/c1-5-6-7-11(2)10-16(24)22-14(19(28)29)8-9-15(23)20-12(3)17(25)21-13(4)18(26)27/h11-14H,5-10H2,1-4H3,(H,20,23)(H,21,25)(H,22,24)(H,26,27)(H,28,29)/t11?,12-,13+,14+/m0/s1. The minimum absolute atomic E-state index is 0.129. The molecule has 0 aliphatic rings. The first-order valence-corrected chi connectivity index (χ1v) is 9.82. The Morgan fingerprint density at radius 1 is 0.793 bits per heavy atom. The van der Waals surface area contributed by atoms with E-state index in [1.807, 2.05) is 6.92 Å². The third-order valence-corrected chi connectivity index (χ3v) is 4.38. The molecule has 0 aromatic carbocycles. The van der Waals surface area contributed by atoms with E-state index in [1.54, 1.807) is 0 Å². The molecule has 3 amide bonds. The molecule has 5 N–H and O–H groups in total. The number of hydrogen-bond acceptors (Lipinski definition) is 5. The average molecular weight is 415 g/mol. The number of rotatable bonds is 14. The van der Waals surface area contributed by atoms with E-state index in [2.05, 4.69) is 22.9 Å². The van der Waals surface area contributed by atoms with Gasteiger partial charge in [-0.2, -0.15) is 0 Å². The zero-order chi connectivity index (χ0) is 22.6. The van der Waals surface area contributed by atoms with Gasteiger partial charge in [-0.25, -0.2) is 4.79 Å². The van der Waals surface area contributed by atoms with Gasteiger partial charge in [0.25, 0.3) is 0 Å². The predicted octanol–water partition coefficient (Wildman–Crippen LogP) is 0.646. The number of carboxylic acid groups (broad SMARTS) is 2. The second-order valence-electron chi connectivity index (χ2n) is 7.31. The Labute approximate surface area is 170 Å². The maximum atomic E-state index is 12.0. The lowest BCUT2D eigenvalue weighted by atomic mass is 10.00. The highest BCUT2D eigenvalue weighted by molar-refractivity contribution is 5.90. The van der Waals surface area contributed by atoms with Gasteiger partial charge in [-0.1, -0.05) is 33.1 Å². The number of carboxylic acids is 2. The molecule has 4 atom stereocenters. The Hall–Kier alpha value is -2.65. The van der Waals surface area contributed by atoms with Crippen molar-refractivity contribution in [3.8, 4) is 0 Å². The van der Waals surface area contributed by atoms with Crippen LogP contribution in [0, 0.1) is 5.92 Å². The summed E-state index contributed by atoms with van der Waals surface area (Å²) in [5, 5.41) is 25.1. The highest BCUT2D eigenvalue weighted by Crippen LogP contribution is 2.12. The van der Waals surface area contributed by atoms with E-state index < -0.39 is 41.9 Å². The van der Waals surface area contributed by atoms with Gasteiger partial charge in [0, 0.05) is 12.8 Å². The number of amides is 3. The van der Waals surface area contributed by atoms with Gasteiger partial charge < -0.3 is 26.2 Å². The number of hydrogen-bond donors (Lipinski definition) is 5. The van der Waals surface area contributed by atoms with Crippen molar-refractivity contribution in [2.45, 2.75) is 84.3 Å². The molecule has 0 spiro atoms. The number of carbonyl (C=O) groups excluding carboxylic acids is 3. The fourth-order valence-electron chi connectivity index (χ4n) is 2.54. The second kappa shape index (κ2) is 13.5. The predicted molar refractivity (Wildman–Crippen MR) is 105 cm³/mol. The molecule has 166 valence electrons. The number of aliphatic carboxylic acids is 2. The Morgan fingerprint density at radius 3 is 1.93 bits per heavy atom. The van der Waals surface area contributed by atoms with E-state index in [4.69, 9.17) is 5.11 Å². The zero-order valence-corrected chi connectivity index (χ0v) is 17.5.